The molecular weight excluding hydrogens is 350 g/mol. The molecule has 4 rings (SSSR count). The fourth-order valence-corrected chi connectivity index (χ4v) is 4.04. The molecule has 27 heavy (non-hydrogen) atoms. The van der Waals surface area contributed by atoms with Crippen LogP contribution in [0.3, 0.4) is 0 Å². The molecule has 0 saturated heterocycles. The predicted molar refractivity (Wildman–Crippen MR) is 114 cm³/mol. The van der Waals surface area contributed by atoms with Crippen molar-refractivity contribution < 1.29 is 4.74 Å². The van der Waals surface area contributed by atoms with Crippen LogP contribution in [0.25, 0.3) is 10.8 Å². The van der Waals surface area contributed by atoms with Gasteiger partial charge >= 0.3 is 0 Å². The van der Waals surface area contributed by atoms with Crippen LogP contribution in [0, 0.1) is 0 Å². The molecule has 1 atom stereocenters. The molecule has 0 bridgehead atoms. The Morgan fingerprint density at radius 1 is 0.815 bits per heavy atom. The van der Waals surface area contributed by atoms with Gasteiger partial charge in [0.05, 0.1) is 0 Å². The van der Waals surface area contributed by atoms with E-state index in [2.05, 4.69) is 89.6 Å². The van der Waals surface area contributed by atoms with E-state index >= 15 is 0 Å². The third kappa shape index (κ3) is 4.57. The minimum absolute atomic E-state index is 0.0547. The Morgan fingerprint density at radius 3 is 2.48 bits per heavy atom. The number of nitrogens with one attached hydrogen (secondary N) is 1. The summed E-state index contributed by atoms with van der Waals surface area (Å²) in [5.41, 5.74) is 1.31. The molecule has 0 fully saturated rings. The van der Waals surface area contributed by atoms with Gasteiger partial charge in [0.15, 0.2) is 0 Å². The van der Waals surface area contributed by atoms with E-state index in [-0.39, 0.29) is 6.10 Å². The zero-order valence-corrected chi connectivity index (χ0v) is 16.0. The summed E-state index contributed by atoms with van der Waals surface area (Å²) in [5, 5.41) is 8.03. The second kappa shape index (κ2) is 8.85. The van der Waals surface area contributed by atoms with E-state index in [4.69, 9.17) is 4.74 Å². The SMILES string of the molecule is c1ccc(CNCC[C@H](Oc2cccc3ccccc23)c2cccs2)cc1. The maximum atomic E-state index is 6.49. The van der Waals surface area contributed by atoms with Crippen molar-refractivity contribution in [1.82, 2.24) is 5.32 Å². The van der Waals surface area contributed by atoms with Crippen LogP contribution in [0.4, 0.5) is 0 Å². The molecule has 1 N–H and O–H groups in total. The topological polar surface area (TPSA) is 21.3 Å². The van der Waals surface area contributed by atoms with Gasteiger partial charge in [0.1, 0.15) is 11.9 Å². The number of benzene rings is 3. The summed E-state index contributed by atoms with van der Waals surface area (Å²) in [6.07, 6.45) is 0.982. The average Bonchev–Trinajstić information content (AvgIpc) is 3.26. The monoisotopic (exact) mass is 373 g/mol. The lowest BCUT2D eigenvalue weighted by molar-refractivity contribution is 0.200. The van der Waals surface area contributed by atoms with Gasteiger partial charge in [-0.2, -0.15) is 0 Å². The Hall–Kier alpha value is -2.62. The summed E-state index contributed by atoms with van der Waals surface area (Å²) in [6.45, 7) is 1.79. The Labute approximate surface area is 164 Å². The molecule has 0 aliphatic heterocycles. The Kier molecular flexibility index (Phi) is 5.83. The number of thiophene rings is 1. The van der Waals surface area contributed by atoms with Crippen molar-refractivity contribution in [2.24, 2.45) is 0 Å². The van der Waals surface area contributed by atoms with Gasteiger partial charge in [0.25, 0.3) is 0 Å². The summed E-state index contributed by atoms with van der Waals surface area (Å²) in [7, 11) is 0. The van der Waals surface area contributed by atoms with Gasteiger partial charge < -0.3 is 10.1 Å². The molecule has 3 aromatic carbocycles. The highest BCUT2D eigenvalue weighted by Crippen LogP contribution is 2.32. The fraction of sp³-hybridized carbons (Fsp3) is 0.167. The summed E-state index contributed by atoms with van der Waals surface area (Å²) in [5.74, 6) is 0.953. The molecule has 2 nitrogen and oxygen atoms in total. The molecule has 4 aromatic rings. The van der Waals surface area contributed by atoms with Crippen molar-refractivity contribution in [3.8, 4) is 5.75 Å². The van der Waals surface area contributed by atoms with Crippen molar-refractivity contribution in [1.29, 1.82) is 0 Å². The average molecular weight is 374 g/mol. The minimum Gasteiger partial charge on any atom is -0.484 e. The first-order valence-corrected chi connectivity index (χ1v) is 10.2. The summed E-state index contributed by atoms with van der Waals surface area (Å²) < 4.78 is 6.49. The highest BCUT2D eigenvalue weighted by molar-refractivity contribution is 7.10. The largest absolute Gasteiger partial charge is 0.484 e. The number of hydrogen-bond donors (Lipinski definition) is 1. The normalized spacial score (nSPS) is 12.1. The van der Waals surface area contributed by atoms with E-state index < -0.39 is 0 Å². The van der Waals surface area contributed by atoms with E-state index in [0.29, 0.717) is 0 Å². The van der Waals surface area contributed by atoms with Crippen LogP contribution in [-0.4, -0.2) is 6.54 Å². The van der Waals surface area contributed by atoms with E-state index in [0.717, 1.165) is 25.3 Å². The second-order valence-electron chi connectivity index (χ2n) is 6.55. The number of ether oxygens (including phenoxy) is 1. The smallest absolute Gasteiger partial charge is 0.134 e. The highest BCUT2D eigenvalue weighted by Gasteiger charge is 2.15. The zero-order chi connectivity index (χ0) is 18.3. The van der Waals surface area contributed by atoms with Crippen LogP contribution in [0.5, 0.6) is 5.75 Å². The van der Waals surface area contributed by atoms with Gasteiger partial charge in [-0.15, -0.1) is 11.3 Å². The molecular formula is C24H23NOS. The fourth-order valence-electron chi connectivity index (χ4n) is 3.25. The molecule has 0 spiro atoms. The Balaban J connectivity index is 1.45. The molecule has 0 radical (unpaired) electrons. The van der Waals surface area contributed by atoms with E-state index in [1.807, 2.05) is 6.07 Å². The maximum absolute atomic E-state index is 6.49. The van der Waals surface area contributed by atoms with Gasteiger partial charge in [0.2, 0.25) is 0 Å². The lowest BCUT2D eigenvalue weighted by Gasteiger charge is -2.20. The van der Waals surface area contributed by atoms with E-state index in [1.165, 1.54) is 21.2 Å². The van der Waals surface area contributed by atoms with E-state index in [9.17, 15) is 0 Å². The van der Waals surface area contributed by atoms with Crippen LogP contribution in [0.15, 0.2) is 90.3 Å². The van der Waals surface area contributed by atoms with Gasteiger partial charge in [-0.1, -0.05) is 72.8 Å². The van der Waals surface area contributed by atoms with Crippen LogP contribution < -0.4 is 10.1 Å². The van der Waals surface area contributed by atoms with E-state index in [1.54, 1.807) is 11.3 Å². The van der Waals surface area contributed by atoms with Crippen molar-refractivity contribution >= 4 is 22.1 Å². The lowest BCUT2D eigenvalue weighted by Crippen LogP contribution is -2.19. The number of hydrogen-bond acceptors (Lipinski definition) is 3. The van der Waals surface area contributed by atoms with Gasteiger partial charge in [-0.25, -0.2) is 0 Å². The summed E-state index contributed by atoms with van der Waals surface area (Å²) in [4.78, 5) is 1.27. The third-order valence-corrected chi connectivity index (χ3v) is 5.60. The van der Waals surface area contributed by atoms with Crippen molar-refractivity contribution in [3.05, 3.63) is 101 Å². The first kappa shape index (κ1) is 17.8. The molecule has 3 heteroatoms. The predicted octanol–water partition coefficient (Wildman–Crippen LogP) is 6.20. The van der Waals surface area contributed by atoms with Gasteiger partial charge in [-0.3, -0.25) is 0 Å². The van der Waals surface area contributed by atoms with Crippen molar-refractivity contribution in [2.75, 3.05) is 6.54 Å². The number of rotatable bonds is 8. The van der Waals surface area contributed by atoms with Crippen LogP contribution in [0.2, 0.25) is 0 Å². The van der Waals surface area contributed by atoms with Crippen LogP contribution in [-0.2, 0) is 6.54 Å². The third-order valence-electron chi connectivity index (χ3n) is 4.63. The Bertz CT molecular complexity index is 961. The van der Waals surface area contributed by atoms with Crippen LogP contribution >= 0.6 is 11.3 Å². The summed E-state index contributed by atoms with van der Waals surface area (Å²) >= 11 is 1.76. The molecule has 0 aliphatic rings. The molecule has 0 amide bonds. The Morgan fingerprint density at radius 2 is 1.63 bits per heavy atom. The zero-order valence-electron chi connectivity index (χ0n) is 15.2. The molecule has 0 aliphatic carbocycles. The van der Waals surface area contributed by atoms with Crippen molar-refractivity contribution in [2.45, 2.75) is 19.1 Å². The van der Waals surface area contributed by atoms with Gasteiger partial charge in [0, 0.05) is 23.2 Å². The minimum atomic E-state index is 0.0547. The maximum Gasteiger partial charge on any atom is 0.134 e. The molecule has 1 aromatic heterocycles. The molecule has 0 saturated carbocycles. The first-order chi connectivity index (χ1) is 13.4. The summed E-state index contributed by atoms with van der Waals surface area (Å²) in [6, 6.07) is 29.4. The van der Waals surface area contributed by atoms with Gasteiger partial charge in [-0.05, 0) is 35.0 Å². The molecule has 0 unspecified atom stereocenters. The quantitative estimate of drug-likeness (QED) is 0.371. The standard InChI is InChI=1S/C24H23NOS/c1-2-8-19(9-3-1)18-25-16-15-23(24-14-7-17-27-24)26-22-13-6-11-20-10-4-5-12-21(20)22/h1-14,17,23,25H,15-16,18H2/t23-/m0/s1. The lowest BCUT2D eigenvalue weighted by atomic mass is 10.1. The first-order valence-electron chi connectivity index (χ1n) is 9.32. The molecule has 1 heterocycles. The molecule has 136 valence electrons. The van der Waals surface area contributed by atoms with Crippen molar-refractivity contribution in [3.63, 3.8) is 0 Å². The number of fused-ring (bicyclic) bond motifs is 1. The highest BCUT2D eigenvalue weighted by atomic mass is 32.1. The second-order valence-corrected chi connectivity index (χ2v) is 7.53. The van der Waals surface area contributed by atoms with Crippen LogP contribution in [0.1, 0.15) is 23.0 Å².